The first-order valence-electron chi connectivity index (χ1n) is 9.30. The number of nitrogens with zero attached hydrogens (tertiary/aromatic N) is 1. The minimum atomic E-state index is 0.133. The van der Waals surface area contributed by atoms with E-state index in [2.05, 4.69) is 73.0 Å². The number of benzene rings is 3. The first-order valence-corrected chi connectivity index (χ1v) is 11.1. The normalized spacial score (nSPS) is 11.9. The molecule has 0 amide bonds. The highest BCUT2D eigenvalue weighted by atomic mass is 32.2. The Labute approximate surface area is 170 Å². The lowest BCUT2D eigenvalue weighted by atomic mass is 10.1. The van der Waals surface area contributed by atoms with Crippen LogP contribution in [0.15, 0.2) is 77.7 Å². The largest absolute Gasteiger partial charge is 0.494 e. The van der Waals surface area contributed by atoms with Crippen molar-refractivity contribution in [3.05, 3.63) is 95.1 Å². The Kier molecular flexibility index (Phi) is 6.94. The van der Waals surface area contributed by atoms with E-state index in [1.165, 1.54) is 16.0 Å². The Hall–Kier alpha value is -2.96. The van der Waals surface area contributed by atoms with Crippen LogP contribution in [0.5, 0.6) is 5.75 Å². The maximum Gasteiger partial charge on any atom is 0.155 e. The maximum absolute atomic E-state index is 8.91. The standard InChI is InChI=1S/C25H24NOS/c1-3-27-24-14-10-20(11-15-24)4-5-21-12-16-25(17-13-21)28(2)19-23-8-6-22(18-26)7-9-23/h4-17H,3,19H2,1-2H3/q+1/b5-4+. The lowest BCUT2D eigenvalue weighted by Crippen LogP contribution is -2.03. The zero-order valence-electron chi connectivity index (χ0n) is 16.3. The molecule has 0 aliphatic heterocycles. The van der Waals surface area contributed by atoms with Crippen LogP contribution >= 0.6 is 0 Å². The van der Waals surface area contributed by atoms with E-state index in [9.17, 15) is 0 Å². The summed E-state index contributed by atoms with van der Waals surface area (Å²) in [7, 11) is 0.133. The first-order chi connectivity index (χ1) is 13.7. The molecule has 140 valence electrons. The maximum atomic E-state index is 8.91. The third-order valence-electron chi connectivity index (χ3n) is 4.41. The second kappa shape index (κ2) is 9.82. The molecule has 0 bridgehead atoms. The van der Waals surface area contributed by atoms with E-state index < -0.39 is 0 Å². The van der Waals surface area contributed by atoms with Crippen LogP contribution < -0.4 is 4.74 Å². The van der Waals surface area contributed by atoms with Crippen LogP contribution in [0.2, 0.25) is 0 Å². The fraction of sp³-hybridized carbons (Fsp3) is 0.160. The Morgan fingerprint density at radius 3 is 1.96 bits per heavy atom. The summed E-state index contributed by atoms with van der Waals surface area (Å²) in [6, 6.07) is 26.9. The van der Waals surface area contributed by atoms with Gasteiger partial charge in [0.15, 0.2) is 4.90 Å². The molecule has 3 heteroatoms. The highest BCUT2D eigenvalue weighted by Gasteiger charge is 2.15. The molecule has 3 rings (SSSR count). The number of nitriles is 1. The van der Waals surface area contributed by atoms with Crippen molar-refractivity contribution in [1.29, 1.82) is 5.26 Å². The van der Waals surface area contributed by atoms with Crippen LogP contribution in [0.4, 0.5) is 0 Å². The quantitative estimate of drug-likeness (QED) is 0.372. The Morgan fingerprint density at radius 2 is 1.43 bits per heavy atom. The molecule has 2 nitrogen and oxygen atoms in total. The molecule has 0 fully saturated rings. The number of ether oxygens (including phenoxy) is 1. The summed E-state index contributed by atoms with van der Waals surface area (Å²) in [6.07, 6.45) is 6.52. The average Bonchev–Trinajstić information content (AvgIpc) is 2.74. The summed E-state index contributed by atoms with van der Waals surface area (Å²) in [4.78, 5) is 1.35. The molecule has 0 aliphatic rings. The molecular weight excluding hydrogens is 362 g/mol. The molecule has 1 atom stereocenters. The molecule has 28 heavy (non-hydrogen) atoms. The topological polar surface area (TPSA) is 33.0 Å². The number of rotatable bonds is 7. The van der Waals surface area contributed by atoms with Gasteiger partial charge in [0.1, 0.15) is 17.8 Å². The van der Waals surface area contributed by atoms with E-state index in [0.717, 1.165) is 17.1 Å². The van der Waals surface area contributed by atoms with Gasteiger partial charge in [0.05, 0.1) is 18.2 Å². The van der Waals surface area contributed by atoms with Crippen molar-refractivity contribution >= 4 is 23.0 Å². The second-order valence-electron chi connectivity index (χ2n) is 6.49. The van der Waals surface area contributed by atoms with E-state index in [1.807, 2.05) is 31.2 Å². The van der Waals surface area contributed by atoms with Gasteiger partial charge in [-0.1, -0.05) is 48.6 Å². The minimum Gasteiger partial charge on any atom is -0.494 e. The van der Waals surface area contributed by atoms with Crippen molar-refractivity contribution < 1.29 is 4.74 Å². The molecule has 0 aliphatic carbocycles. The predicted molar refractivity (Wildman–Crippen MR) is 119 cm³/mol. The van der Waals surface area contributed by atoms with Gasteiger partial charge < -0.3 is 4.74 Å². The van der Waals surface area contributed by atoms with Crippen LogP contribution in [0.25, 0.3) is 12.2 Å². The Morgan fingerprint density at radius 1 is 0.857 bits per heavy atom. The molecule has 0 heterocycles. The summed E-state index contributed by atoms with van der Waals surface area (Å²) in [5, 5.41) is 8.91. The molecule has 0 saturated carbocycles. The van der Waals surface area contributed by atoms with Gasteiger partial charge in [-0.3, -0.25) is 0 Å². The van der Waals surface area contributed by atoms with Crippen LogP contribution in [-0.2, 0) is 16.6 Å². The summed E-state index contributed by atoms with van der Waals surface area (Å²) in [6.45, 7) is 2.68. The summed E-state index contributed by atoms with van der Waals surface area (Å²) < 4.78 is 5.48. The van der Waals surface area contributed by atoms with Crippen molar-refractivity contribution in [2.24, 2.45) is 0 Å². The minimum absolute atomic E-state index is 0.133. The van der Waals surface area contributed by atoms with Crippen molar-refractivity contribution in [2.75, 3.05) is 12.9 Å². The molecule has 0 radical (unpaired) electrons. The van der Waals surface area contributed by atoms with E-state index in [4.69, 9.17) is 10.00 Å². The SMILES string of the molecule is CCOc1ccc(/C=C/c2ccc([S+](C)Cc3ccc(C#N)cc3)cc2)cc1. The smallest absolute Gasteiger partial charge is 0.155 e. The van der Waals surface area contributed by atoms with Crippen molar-refractivity contribution in [3.8, 4) is 11.8 Å². The van der Waals surface area contributed by atoms with Crippen LogP contribution in [-0.4, -0.2) is 12.9 Å². The predicted octanol–water partition coefficient (Wildman–Crippen LogP) is 5.93. The molecule has 1 unspecified atom stereocenters. The molecule has 0 saturated heterocycles. The van der Waals surface area contributed by atoms with Gasteiger partial charge in [-0.2, -0.15) is 5.26 Å². The summed E-state index contributed by atoms with van der Waals surface area (Å²) >= 11 is 0. The van der Waals surface area contributed by atoms with Crippen molar-refractivity contribution in [2.45, 2.75) is 17.6 Å². The van der Waals surface area contributed by atoms with Gasteiger partial charge in [0.25, 0.3) is 0 Å². The third kappa shape index (κ3) is 5.52. The monoisotopic (exact) mass is 386 g/mol. The van der Waals surface area contributed by atoms with Crippen molar-refractivity contribution in [3.63, 3.8) is 0 Å². The first kappa shape index (κ1) is 19.8. The zero-order chi connectivity index (χ0) is 19.8. The molecule has 3 aromatic rings. The summed E-state index contributed by atoms with van der Waals surface area (Å²) in [5.41, 5.74) is 4.32. The third-order valence-corrected chi connectivity index (χ3v) is 6.25. The van der Waals surface area contributed by atoms with Gasteiger partial charge in [0, 0.05) is 16.5 Å². The zero-order valence-corrected chi connectivity index (χ0v) is 17.1. The average molecular weight is 387 g/mol. The number of hydrogen-bond acceptors (Lipinski definition) is 2. The Balaban J connectivity index is 1.61. The van der Waals surface area contributed by atoms with Gasteiger partial charge in [-0.15, -0.1) is 0 Å². The van der Waals surface area contributed by atoms with Gasteiger partial charge in [-0.05, 0) is 54.4 Å². The summed E-state index contributed by atoms with van der Waals surface area (Å²) in [5.74, 6) is 1.90. The van der Waals surface area contributed by atoms with Gasteiger partial charge in [0.2, 0.25) is 0 Å². The van der Waals surface area contributed by atoms with E-state index in [1.54, 1.807) is 0 Å². The van der Waals surface area contributed by atoms with E-state index >= 15 is 0 Å². The fourth-order valence-corrected chi connectivity index (χ4v) is 4.31. The lowest BCUT2D eigenvalue weighted by molar-refractivity contribution is 0.340. The van der Waals surface area contributed by atoms with E-state index in [-0.39, 0.29) is 10.9 Å². The highest BCUT2D eigenvalue weighted by Crippen LogP contribution is 2.19. The van der Waals surface area contributed by atoms with Crippen LogP contribution in [0, 0.1) is 11.3 Å². The lowest BCUT2D eigenvalue weighted by Gasteiger charge is -2.04. The molecular formula is C25H24NOS+. The molecule has 0 N–H and O–H groups in total. The van der Waals surface area contributed by atoms with Gasteiger partial charge >= 0.3 is 0 Å². The highest BCUT2D eigenvalue weighted by molar-refractivity contribution is 7.95. The Bertz CT molecular complexity index is 951. The van der Waals surface area contributed by atoms with E-state index in [0.29, 0.717) is 12.2 Å². The van der Waals surface area contributed by atoms with Crippen LogP contribution in [0.1, 0.15) is 29.2 Å². The number of hydrogen-bond donors (Lipinski definition) is 0. The fourth-order valence-electron chi connectivity index (χ4n) is 2.85. The molecule has 0 spiro atoms. The van der Waals surface area contributed by atoms with Gasteiger partial charge in [-0.25, -0.2) is 0 Å². The molecule has 0 aromatic heterocycles. The van der Waals surface area contributed by atoms with Crippen LogP contribution in [0.3, 0.4) is 0 Å². The van der Waals surface area contributed by atoms with Crippen molar-refractivity contribution in [1.82, 2.24) is 0 Å². The second-order valence-corrected chi connectivity index (χ2v) is 8.53. The molecule has 3 aromatic carbocycles.